The lowest BCUT2D eigenvalue weighted by molar-refractivity contribution is -0.135. The molecule has 5 N–H and O–H groups in total. The second-order valence-corrected chi connectivity index (χ2v) is 6.03. The number of carbonyl (C=O) groups excluding carboxylic acids is 2. The SMILES string of the molecule is CC(N)(N)C(C)(C)C(=[OH+])Oc1cccc2c1OC(=O)CC2. The normalized spacial score (nSPS) is 15.2. The fourth-order valence-corrected chi connectivity index (χ4v) is 1.82. The lowest BCUT2D eigenvalue weighted by Crippen LogP contribution is -2.61. The minimum atomic E-state index is -1.18. The van der Waals surface area contributed by atoms with Crippen LogP contribution in [0.5, 0.6) is 11.5 Å². The fourth-order valence-electron chi connectivity index (χ4n) is 1.82. The highest BCUT2D eigenvalue weighted by molar-refractivity contribution is 5.83. The van der Waals surface area contributed by atoms with Gasteiger partial charge in [-0.15, -0.1) is 0 Å². The molecule has 0 amide bonds. The average Bonchev–Trinajstić information content (AvgIpc) is 2.38. The standard InChI is InChI=1S/C15H20N2O4/c1-14(2,15(3,16)17)13(19)20-10-6-4-5-9-7-8-11(18)21-12(9)10/h4-6H,7-8,16-17H2,1-3H3/p+1. The highest BCUT2D eigenvalue weighted by Crippen LogP contribution is 2.37. The van der Waals surface area contributed by atoms with Crippen LogP contribution in [0, 0.1) is 5.41 Å². The van der Waals surface area contributed by atoms with E-state index in [4.69, 9.17) is 20.9 Å². The van der Waals surface area contributed by atoms with Gasteiger partial charge in [0.05, 0.1) is 12.1 Å². The van der Waals surface area contributed by atoms with Crippen LogP contribution in [0.3, 0.4) is 0 Å². The van der Waals surface area contributed by atoms with E-state index in [0.717, 1.165) is 5.56 Å². The predicted octanol–water partition coefficient (Wildman–Crippen LogP) is 1.08. The number of ether oxygens (including phenoxy) is 2. The summed E-state index contributed by atoms with van der Waals surface area (Å²) in [6, 6.07) is 5.25. The Hall–Kier alpha value is -1.92. The van der Waals surface area contributed by atoms with Crippen molar-refractivity contribution < 1.29 is 19.1 Å². The Morgan fingerprint density at radius 2 is 1.95 bits per heavy atom. The maximum Gasteiger partial charge on any atom is 0.498 e. The van der Waals surface area contributed by atoms with E-state index in [9.17, 15) is 9.59 Å². The van der Waals surface area contributed by atoms with Gasteiger partial charge in [-0.2, -0.15) is 0 Å². The van der Waals surface area contributed by atoms with Crippen molar-refractivity contribution in [1.29, 1.82) is 0 Å². The number of esters is 2. The van der Waals surface area contributed by atoms with Crippen LogP contribution in [0.2, 0.25) is 0 Å². The third kappa shape index (κ3) is 2.91. The van der Waals surface area contributed by atoms with Gasteiger partial charge < -0.3 is 21.0 Å². The molecule has 0 aromatic heterocycles. The molecule has 6 heteroatoms. The van der Waals surface area contributed by atoms with E-state index in [-0.39, 0.29) is 17.7 Å². The predicted molar refractivity (Wildman–Crippen MR) is 78.5 cm³/mol. The molecule has 1 aliphatic rings. The van der Waals surface area contributed by atoms with Crippen LogP contribution in [0.1, 0.15) is 32.8 Å². The molecule has 1 aliphatic heterocycles. The Morgan fingerprint density at radius 3 is 2.57 bits per heavy atom. The van der Waals surface area contributed by atoms with E-state index in [1.54, 1.807) is 32.9 Å². The molecule has 0 unspecified atom stereocenters. The number of benzene rings is 1. The van der Waals surface area contributed by atoms with Crippen molar-refractivity contribution in [3.8, 4) is 11.5 Å². The highest BCUT2D eigenvalue weighted by atomic mass is 16.6. The first kappa shape index (κ1) is 15.5. The zero-order valence-corrected chi connectivity index (χ0v) is 12.5. The summed E-state index contributed by atoms with van der Waals surface area (Å²) in [5.41, 5.74) is 10.4. The van der Waals surface area contributed by atoms with Crippen molar-refractivity contribution in [3.05, 3.63) is 23.8 Å². The number of fused-ring (bicyclic) bond motifs is 1. The van der Waals surface area contributed by atoms with Gasteiger partial charge in [0.15, 0.2) is 0 Å². The smallest absolute Gasteiger partial charge is 0.419 e. The molecule has 0 aliphatic carbocycles. The van der Waals surface area contributed by atoms with E-state index in [2.05, 4.69) is 0 Å². The van der Waals surface area contributed by atoms with Crippen LogP contribution in [0.15, 0.2) is 18.2 Å². The van der Waals surface area contributed by atoms with Crippen molar-refractivity contribution in [2.45, 2.75) is 39.3 Å². The van der Waals surface area contributed by atoms with Gasteiger partial charge >= 0.3 is 11.9 Å². The second-order valence-electron chi connectivity index (χ2n) is 6.03. The first-order valence-corrected chi connectivity index (χ1v) is 6.77. The van der Waals surface area contributed by atoms with Gasteiger partial charge in [0.25, 0.3) is 5.75 Å². The highest BCUT2D eigenvalue weighted by Gasteiger charge is 2.49. The number of rotatable bonds is 3. The molecular weight excluding hydrogens is 272 g/mol. The third-order valence-electron chi connectivity index (χ3n) is 3.96. The van der Waals surface area contributed by atoms with E-state index in [1.165, 1.54) is 0 Å². The zero-order chi connectivity index (χ0) is 15.8. The second kappa shape index (κ2) is 5.13. The van der Waals surface area contributed by atoms with Crippen LogP contribution in [0.4, 0.5) is 0 Å². The first-order chi connectivity index (χ1) is 9.63. The number of carbonyl (C=O) groups is 1. The molecule has 1 aromatic carbocycles. The van der Waals surface area contributed by atoms with Gasteiger partial charge in [-0.05, 0) is 27.2 Å². The van der Waals surface area contributed by atoms with Crippen molar-refractivity contribution >= 4 is 11.9 Å². The summed E-state index contributed by atoms with van der Waals surface area (Å²) >= 11 is 0. The fraction of sp³-hybridized carbons (Fsp3) is 0.467. The number of nitrogens with two attached hydrogens (primary N) is 2. The first-order valence-electron chi connectivity index (χ1n) is 6.77. The Morgan fingerprint density at radius 1 is 1.29 bits per heavy atom. The van der Waals surface area contributed by atoms with E-state index in [0.29, 0.717) is 18.6 Å². The molecule has 1 aromatic rings. The van der Waals surface area contributed by atoms with Crippen LogP contribution >= 0.6 is 0 Å². The number of hydrogen-bond donors (Lipinski definition) is 2. The lowest BCUT2D eigenvalue weighted by atomic mass is 9.81. The molecule has 0 atom stereocenters. The molecule has 114 valence electrons. The monoisotopic (exact) mass is 293 g/mol. The molecule has 0 bridgehead atoms. The molecule has 21 heavy (non-hydrogen) atoms. The molecule has 0 radical (unpaired) electrons. The molecular formula is C15H21N2O4+. The van der Waals surface area contributed by atoms with Crippen molar-refractivity contribution in [2.24, 2.45) is 16.9 Å². The third-order valence-corrected chi connectivity index (χ3v) is 3.96. The number of aryl methyl sites for hydroxylation is 1. The van der Waals surface area contributed by atoms with Gasteiger partial charge in [-0.3, -0.25) is 9.53 Å². The summed E-state index contributed by atoms with van der Waals surface area (Å²) in [6.45, 7) is 4.93. The molecule has 1 heterocycles. The molecule has 0 saturated carbocycles. The maximum atomic E-state index is 11.4. The molecule has 0 fully saturated rings. The van der Waals surface area contributed by atoms with Crippen LogP contribution in [-0.2, 0) is 11.2 Å². The zero-order valence-electron chi connectivity index (χ0n) is 12.5. The summed E-state index contributed by atoms with van der Waals surface area (Å²) in [5.74, 6) is -0.0352. The lowest BCUT2D eigenvalue weighted by Gasteiger charge is -2.31. The Bertz CT molecular complexity index is 588. The van der Waals surface area contributed by atoms with E-state index >= 15 is 0 Å². The molecule has 0 saturated heterocycles. The van der Waals surface area contributed by atoms with Crippen LogP contribution in [0.25, 0.3) is 0 Å². The molecule has 0 spiro atoms. The Labute approximate surface area is 123 Å². The van der Waals surface area contributed by atoms with Crippen molar-refractivity contribution in [2.75, 3.05) is 0 Å². The van der Waals surface area contributed by atoms with Crippen LogP contribution < -0.4 is 20.9 Å². The summed E-state index contributed by atoms with van der Waals surface area (Å²) in [5, 5.41) is 0. The van der Waals surface area contributed by atoms with Gasteiger partial charge in [0.2, 0.25) is 5.75 Å². The summed E-state index contributed by atoms with van der Waals surface area (Å²) in [4.78, 5) is 21.7. The number of hydrogen-bond acceptors (Lipinski definition) is 5. The van der Waals surface area contributed by atoms with Crippen molar-refractivity contribution in [1.82, 2.24) is 0 Å². The quantitative estimate of drug-likeness (QED) is 0.375. The summed E-state index contributed by atoms with van der Waals surface area (Å²) < 4.78 is 10.7. The molecule has 2 rings (SSSR count). The maximum absolute atomic E-state index is 11.4. The van der Waals surface area contributed by atoms with E-state index in [1.807, 2.05) is 6.07 Å². The minimum Gasteiger partial charge on any atom is -0.419 e. The number of para-hydroxylation sites is 1. The average molecular weight is 293 g/mol. The van der Waals surface area contributed by atoms with Gasteiger partial charge in [0, 0.05) is 11.6 Å². The Balaban J connectivity index is 2.29. The topological polar surface area (TPSA) is 109 Å². The minimum absolute atomic E-state index is 0.273. The van der Waals surface area contributed by atoms with Crippen LogP contribution in [-0.4, -0.2) is 22.4 Å². The largest absolute Gasteiger partial charge is 0.498 e. The Kier molecular flexibility index (Phi) is 3.78. The van der Waals surface area contributed by atoms with Gasteiger partial charge in [-0.25, -0.2) is 0 Å². The van der Waals surface area contributed by atoms with Gasteiger partial charge in [0.1, 0.15) is 5.41 Å². The van der Waals surface area contributed by atoms with E-state index < -0.39 is 11.1 Å². The van der Waals surface area contributed by atoms with Gasteiger partial charge in [-0.1, -0.05) is 12.1 Å². The van der Waals surface area contributed by atoms with Crippen molar-refractivity contribution in [3.63, 3.8) is 0 Å². The summed E-state index contributed by atoms with van der Waals surface area (Å²) in [6.07, 6.45) is 0.919. The summed E-state index contributed by atoms with van der Waals surface area (Å²) in [7, 11) is 0. The molecule has 6 nitrogen and oxygen atoms in total.